The zero-order chi connectivity index (χ0) is 25.8. The molecule has 0 N–H and O–H groups in total. The van der Waals surface area contributed by atoms with E-state index in [-0.39, 0.29) is 23.7 Å². The second-order valence-corrected chi connectivity index (χ2v) is 10.1. The molecule has 1 unspecified atom stereocenters. The fourth-order valence-corrected chi connectivity index (χ4v) is 4.99. The van der Waals surface area contributed by atoms with Gasteiger partial charge in [-0.3, -0.25) is 14.6 Å². The normalized spacial score (nSPS) is 16.5. The number of hydrogen-bond donors (Lipinski definition) is 0. The predicted molar refractivity (Wildman–Crippen MR) is 142 cm³/mol. The maximum atomic E-state index is 13.2. The highest BCUT2D eigenvalue weighted by molar-refractivity contribution is 5.81. The Kier molecular flexibility index (Phi) is 12.6. The molecule has 0 aromatic heterocycles. The van der Waals surface area contributed by atoms with Crippen LogP contribution in [-0.2, 0) is 4.79 Å². The lowest BCUT2D eigenvalue weighted by molar-refractivity contribution is -0.123. The van der Waals surface area contributed by atoms with Crippen molar-refractivity contribution in [3.05, 3.63) is 71.3 Å². The van der Waals surface area contributed by atoms with Gasteiger partial charge in [0.1, 0.15) is 17.4 Å². The average Bonchev–Trinajstić information content (AvgIpc) is 2.82. The van der Waals surface area contributed by atoms with E-state index in [1.54, 1.807) is 6.92 Å². The quantitative estimate of drug-likeness (QED) is 0.353. The fourth-order valence-electron chi connectivity index (χ4n) is 4.99. The fraction of sp³-hybridized carbons (Fsp3) is 0.567. The van der Waals surface area contributed by atoms with Crippen LogP contribution in [-0.4, -0.2) is 47.8 Å². The molecule has 0 radical (unpaired) electrons. The molecular formula is C30H44F2N2O. The topological polar surface area (TPSA) is 23.6 Å². The zero-order valence-electron chi connectivity index (χ0n) is 22.3. The maximum absolute atomic E-state index is 13.2. The Balaban J connectivity index is 0.000000283. The summed E-state index contributed by atoms with van der Waals surface area (Å²) < 4.78 is 26.5. The first kappa shape index (κ1) is 29.1. The lowest BCUT2D eigenvalue weighted by Gasteiger charge is -2.35. The molecule has 35 heavy (non-hydrogen) atoms. The Morgan fingerprint density at radius 1 is 0.914 bits per heavy atom. The van der Waals surface area contributed by atoms with Gasteiger partial charge < -0.3 is 0 Å². The van der Waals surface area contributed by atoms with E-state index in [9.17, 15) is 13.6 Å². The number of hydrogen-bond acceptors (Lipinski definition) is 3. The average molecular weight is 487 g/mol. The van der Waals surface area contributed by atoms with E-state index in [1.165, 1.54) is 37.1 Å². The van der Waals surface area contributed by atoms with Crippen molar-refractivity contribution >= 4 is 5.78 Å². The third-order valence-corrected chi connectivity index (χ3v) is 6.44. The number of rotatable bonds is 10. The van der Waals surface area contributed by atoms with Crippen molar-refractivity contribution in [1.29, 1.82) is 0 Å². The summed E-state index contributed by atoms with van der Waals surface area (Å²) in [5.74, 6) is 0.540. The Labute approximate surface area is 211 Å². The minimum Gasteiger partial charge on any atom is -0.298 e. The monoisotopic (exact) mass is 486 g/mol. The van der Waals surface area contributed by atoms with Crippen LogP contribution in [0, 0.1) is 17.6 Å². The second kappa shape index (κ2) is 15.1. The van der Waals surface area contributed by atoms with E-state index >= 15 is 0 Å². The highest BCUT2D eigenvalue weighted by Crippen LogP contribution is 2.29. The molecule has 5 heteroatoms. The summed E-state index contributed by atoms with van der Waals surface area (Å²) in [4.78, 5) is 16.1. The summed E-state index contributed by atoms with van der Waals surface area (Å²) in [7, 11) is 0. The molecule has 1 aliphatic heterocycles. The van der Waals surface area contributed by atoms with E-state index in [4.69, 9.17) is 0 Å². The molecule has 1 fully saturated rings. The molecule has 0 bridgehead atoms. The van der Waals surface area contributed by atoms with Crippen molar-refractivity contribution in [3.8, 4) is 0 Å². The molecule has 194 valence electrons. The number of Topliss-reactive ketones (excluding diaryl/α,β-unsaturated/α-hetero) is 1. The first-order valence-electron chi connectivity index (χ1n) is 13.3. The summed E-state index contributed by atoms with van der Waals surface area (Å²) >= 11 is 0. The van der Waals surface area contributed by atoms with Crippen LogP contribution in [0.25, 0.3) is 0 Å². The number of likely N-dealkylation sites (tertiary alicyclic amines) is 1. The molecule has 1 atom stereocenters. The van der Waals surface area contributed by atoms with Crippen LogP contribution >= 0.6 is 0 Å². The second-order valence-electron chi connectivity index (χ2n) is 10.1. The molecule has 1 heterocycles. The summed E-state index contributed by atoms with van der Waals surface area (Å²) in [6.07, 6.45) is 5.63. The van der Waals surface area contributed by atoms with E-state index in [2.05, 4.69) is 37.5 Å². The molecular weight excluding hydrogens is 442 g/mol. The van der Waals surface area contributed by atoms with Gasteiger partial charge in [-0.1, -0.05) is 58.4 Å². The van der Waals surface area contributed by atoms with Crippen LogP contribution in [0.3, 0.4) is 0 Å². The molecule has 1 saturated heterocycles. The van der Waals surface area contributed by atoms with Gasteiger partial charge >= 0.3 is 0 Å². The Morgan fingerprint density at radius 3 is 1.80 bits per heavy atom. The van der Waals surface area contributed by atoms with Crippen molar-refractivity contribution < 1.29 is 13.6 Å². The van der Waals surface area contributed by atoms with Crippen molar-refractivity contribution in [2.45, 2.75) is 78.8 Å². The van der Waals surface area contributed by atoms with Gasteiger partial charge in [-0.2, -0.15) is 0 Å². The van der Waals surface area contributed by atoms with Gasteiger partial charge in [-0.25, -0.2) is 8.78 Å². The highest BCUT2D eigenvalue weighted by Gasteiger charge is 2.26. The van der Waals surface area contributed by atoms with Gasteiger partial charge in [0, 0.05) is 6.54 Å². The summed E-state index contributed by atoms with van der Waals surface area (Å²) in [6.45, 7) is 14.5. The number of benzene rings is 2. The first-order chi connectivity index (χ1) is 16.8. The molecule has 3 nitrogen and oxygen atoms in total. The SMILES string of the molecule is CC(=O)C1CCCCN1CC(C)C.CCCN(CCC)C(c1ccc(F)cc1)c1ccc(F)cc1. The van der Waals surface area contributed by atoms with Crippen LogP contribution < -0.4 is 0 Å². The van der Waals surface area contributed by atoms with Crippen LogP contribution in [0.2, 0.25) is 0 Å². The minimum atomic E-state index is -0.237. The Bertz CT molecular complexity index is 815. The molecule has 2 aromatic rings. The van der Waals surface area contributed by atoms with Crippen molar-refractivity contribution in [3.63, 3.8) is 0 Å². The van der Waals surface area contributed by atoms with E-state index in [0.717, 1.165) is 56.6 Å². The van der Waals surface area contributed by atoms with Crippen LogP contribution in [0.1, 0.15) is 83.9 Å². The largest absolute Gasteiger partial charge is 0.298 e. The summed E-state index contributed by atoms with van der Waals surface area (Å²) in [6, 6.07) is 13.5. The maximum Gasteiger partial charge on any atom is 0.146 e. The van der Waals surface area contributed by atoms with Crippen molar-refractivity contribution in [2.75, 3.05) is 26.2 Å². The third kappa shape index (κ3) is 9.46. The van der Waals surface area contributed by atoms with E-state index in [1.807, 2.05) is 24.3 Å². The minimum absolute atomic E-state index is 0.0288. The van der Waals surface area contributed by atoms with Crippen molar-refractivity contribution in [1.82, 2.24) is 9.80 Å². The Morgan fingerprint density at radius 2 is 1.40 bits per heavy atom. The smallest absolute Gasteiger partial charge is 0.146 e. The number of ketones is 1. The lowest BCUT2D eigenvalue weighted by Crippen LogP contribution is -2.45. The number of carbonyl (C=O) groups excluding carboxylic acids is 1. The molecule has 1 aliphatic rings. The molecule has 0 amide bonds. The van der Waals surface area contributed by atoms with Gasteiger partial charge in [-0.05, 0) is 93.6 Å². The molecule has 0 spiro atoms. The molecule has 0 aliphatic carbocycles. The Hall–Kier alpha value is -2.11. The van der Waals surface area contributed by atoms with E-state index in [0.29, 0.717) is 11.7 Å². The zero-order valence-corrected chi connectivity index (χ0v) is 22.3. The first-order valence-corrected chi connectivity index (χ1v) is 13.3. The van der Waals surface area contributed by atoms with Crippen LogP contribution in [0.4, 0.5) is 8.78 Å². The summed E-state index contributed by atoms with van der Waals surface area (Å²) in [5, 5.41) is 0. The van der Waals surface area contributed by atoms with Gasteiger partial charge in [0.15, 0.2) is 0 Å². The lowest BCUT2D eigenvalue weighted by atomic mass is 9.96. The molecule has 3 rings (SSSR count). The van der Waals surface area contributed by atoms with Gasteiger partial charge in [-0.15, -0.1) is 0 Å². The molecule has 0 saturated carbocycles. The van der Waals surface area contributed by atoms with E-state index < -0.39 is 0 Å². The van der Waals surface area contributed by atoms with Gasteiger partial charge in [0.2, 0.25) is 0 Å². The van der Waals surface area contributed by atoms with Crippen LogP contribution in [0.15, 0.2) is 48.5 Å². The standard InChI is InChI=1S/C19H23F2N.C11H21NO/c1-3-13-22(14-4-2)19(15-5-9-17(20)10-6-15)16-7-11-18(21)12-8-16;1-9(2)8-12-7-5-4-6-11(12)10(3)13/h5-12,19H,3-4,13-14H2,1-2H3;9,11H,4-8H2,1-3H3. The van der Waals surface area contributed by atoms with Gasteiger partial charge in [0.05, 0.1) is 12.1 Å². The number of halogens is 2. The summed E-state index contributed by atoms with van der Waals surface area (Å²) in [5.41, 5.74) is 2.07. The third-order valence-electron chi connectivity index (χ3n) is 6.44. The molecule has 2 aromatic carbocycles. The number of carbonyl (C=O) groups is 1. The van der Waals surface area contributed by atoms with Crippen molar-refractivity contribution in [2.24, 2.45) is 5.92 Å². The number of nitrogens with zero attached hydrogens (tertiary/aromatic N) is 2. The van der Waals surface area contributed by atoms with Crippen LogP contribution in [0.5, 0.6) is 0 Å². The number of piperidine rings is 1. The highest BCUT2D eigenvalue weighted by atomic mass is 19.1. The van der Waals surface area contributed by atoms with Gasteiger partial charge in [0.25, 0.3) is 0 Å². The predicted octanol–water partition coefficient (Wildman–Crippen LogP) is 7.26.